The molecule has 0 radical (unpaired) electrons. The van der Waals surface area contributed by atoms with Crippen molar-refractivity contribution in [3.63, 3.8) is 0 Å². The minimum atomic E-state index is -4.41. The molecule has 2 atom stereocenters. The van der Waals surface area contributed by atoms with Gasteiger partial charge in [-0.2, -0.15) is 0 Å². The van der Waals surface area contributed by atoms with Gasteiger partial charge in [-0.3, -0.25) is 18.6 Å². The zero-order valence-electron chi connectivity index (χ0n) is 57.5. The van der Waals surface area contributed by atoms with Crippen molar-refractivity contribution in [3.05, 3.63) is 194 Å². The highest BCUT2D eigenvalue weighted by atomic mass is 31.2. The van der Waals surface area contributed by atoms with Crippen LogP contribution in [-0.4, -0.2) is 49.3 Å². The summed E-state index contributed by atoms with van der Waals surface area (Å²) in [6.45, 7) is 3.50. The molecule has 0 saturated heterocycles. The van der Waals surface area contributed by atoms with Crippen molar-refractivity contribution in [2.75, 3.05) is 26.4 Å². The number of rotatable bonds is 65. The van der Waals surface area contributed by atoms with E-state index in [-0.39, 0.29) is 32.6 Å². The summed E-state index contributed by atoms with van der Waals surface area (Å²) in [7, 11) is -4.41. The van der Waals surface area contributed by atoms with E-state index in [4.69, 9.17) is 24.3 Å². The van der Waals surface area contributed by atoms with E-state index in [1.165, 1.54) is 77.0 Å². The lowest BCUT2D eigenvalue weighted by Crippen LogP contribution is -2.29. The number of nitrogens with two attached hydrogens (primary N) is 1. The van der Waals surface area contributed by atoms with Crippen LogP contribution in [0.3, 0.4) is 0 Å². The minimum absolute atomic E-state index is 0.0427. The molecule has 9 nitrogen and oxygen atoms in total. The molecule has 0 saturated carbocycles. The van der Waals surface area contributed by atoms with Gasteiger partial charge in [0.2, 0.25) is 0 Å². The molecule has 91 heavy (non-hydrogen) atoms. The van der Waals surface area contributed by atoms with Gasteiger partial charge in [0.1, 0.15) is 6.61 Å². The summed E-state index contributed by atoms with van der Waals surface area (Å²) >= 11 is 0. The van der Waals surface area contributed by atoms with E-state index < -0.39 is 32.5 Å². The number of phosphoric acid groups is 1. The molecule has 0 bridgehead atoms. The molecule has 0 amide bonds. The van der Waals surface area contributed by atoms with E-state index in [0.29, 0.717) is 6.42 Å². The third-order valence-corrected chi connectivity index (χ3v) is 15.5. The first-order valence-electron chi connectivity index (χ1n) is 35.9. The minimum Gasteiger partial charge on any atom is -0.462 e. The van der Waals surface area contributed by atoms with Crippen LogP contribution in [0.1, 0.15) is 271 Å². The van der Waals surface area contributed by atoms with Crippen molar-refractivity contribution in [1.29, 1.82) is 0 Å². The number of unbranched alkanes of at least 4 members (excludes halogenated alkanes) is 20. The summed E-state index contributed by atoms with van der Waals surface area (Å²) < 4.78 is 33.2. The van der Waals surface area contributed by atoms with Gasteiger partial charge in [-0.15, -0.1) is 0 Å². The molecule has 0 aliphatic heterocycles. The molecule has 0 aromatic carbocycles. The number of carbonyl (C=O) groups is 2. The van der Waals surface area contributed by atoms with Crippen LogP contribution in [0.25, 0.3) is 0 Å². The maximum Gasteiger partial charge on any atom is 0.472 e. The lowest BCUT2D eigenvalue weighted by Gasteiger charge is -2.19. The van der Waals surface area contributed by atoms with Gasteiger partial charge in [0.05, 0.1) is 13.2 Å². The SMILES string of the molecule is CC/C=C\C/C=C\C/C=C\C/C=C\C/C=C\C/C=C\C/C=C\C/C=C\CCCCCCCCCCCCC(=O)OCC(COP(=O)(O)OCCN)OC(=O)CCCCCCCCCCCC/C=C\C/C=C\C/C=C\C/C=C\C/C=C\C/C=C\C/C=C\C/C=C\CC. The zero-order valence-corrected chi connectivity index (χ0v) is 58.4. The lowest BCUT2D eigenvalue weighted by atomic mass is 10.0. The van der Waals surface area contributed by atoms with Crippen LogP contribution in [0.15, 0.2) is 194 Å². The fourth-order valence-electron chi connectivity index (χ4n) is 9.26. The lowest BCUT2D eigenvalue weighted by molar-refractivity contribution is -0.161. The first kappa shape index (κ1) is 85.8. The summed E-state index contributed by atoms with van der Waals surface area (Å²) in [5.74, 6) is -0.847. The average Bonchev–Trinajstić information content (AvgIpc) is 3.74. The summed E-state index contributed by atoms with van der Waals surface area (Å²) in [5.41, 5.74) is 5.40. The fraction of sp³-hybridized carbons (Fsp3) is 0.580. The molecule has 0 aliphatic rings. The molecule has 0 aromatic rings. The van der Waals surface area contributed by atoms with E-state index in [0.717, 1.165) is 161 Å². The monoisotopic (exact) mass is 1280 g/mol. The normalized spacial score (nSPS) is 14.1. The van der Waals surface area contributed by atoms with Crippen molar-refractivity contribution in [2.45, 2.75) is 277 Å². The molecule has 0 heterocycles. The van der Waals surface area contributed by atoms with Crippen LogP contribution in [0.2, 0.25) is 0 Å². The molecule has 0 aromatic heterocycles. The van der Waals surface area contributed by atoms with E-state index in [2.05, 4.69) is 208 Å². The molecule has 2 unspecified atom stereocenters. The summed E-state index contributed by atoms with van der Waals surface area (Å²) in [5, 5.41) is 0. The Kier molecular flexibility index (Phi) is 69.7. The first-order valence-corrected chi connectivity index (χ1v) is 37.4. The molecule has 512 valence electrons. The smallest absolute Gasteiger partial charge is 0.462 e. The second-order valence-corrected chi connectivity index (χ2v) is 24.4. The van der Waals surface area contributed by atoms with Gasteiger partial charge < -0.3 is 20.1 Å². The molecule has 10 heteroatoms. The number of phosphoric ester groups is 1. The van der Waals surface area contributed by atoms with E-state index in [1.807, 2.05) is 0 Å². The van der Waals surface area contributed by atoms with Crippen LogP contribution < -0.4 is 5.73 Å². The second kappa shape index (κ2) is 73.9. The number of hydrogen-bond donors (Lipinski definition) is 2. The third kappa shape index (κ3) is 73.8. The predicted octanol–water partition coefficient (Wildman–Crippen LogP) is 24.1. The summed E-state index contributed by atoms with van der Waals surface area (Å²) in [6, 6.07) is 0. The molecule has 0 aliphatic carbocycles. The topological polar surface area (TPSA) is 134 Å². The van der Waals surface area contributed by atoms with Crippen LogP contribution >= 0.6 is 7.82 Å². The van der Waals surface area contributed by atoms with Crippen LogP contribution in [-0.2, 0) is 32.7 Å². The van der Waals surface area contributed by atoms with E-state index >= 15 is 0 Å². The van der Waals surface area contributed by atoms with Crippen molar-refractivity contribution >= 4 is 19.8 Å². The quantitative estimate of drug-likeness (QED) is 0.0264. The third-order valence-electron chi connectivity index (χ3n) is 14.5. The van der Waals surface area contributed by atoms with Gasteiger partial charge in [-0.05, 0) is 141 Å². The first-order chi connectivity index (χ1) is 44.8. The Morgan fingerprint density at radius 3 is 0.846 bits per heavy atom. The van der Waals surface area contributed by atoms with Crippen molar-refractivity contribution in [3.8, 4) is 0 Å². The van der Waals surface area contributed by atoms with Gasteiger partial charge in [-0.1, -0.05) is 311 Å². The number of hydrogen-bond acceptors (Lipinski definition) is 8. The van der Waals surface area contributed by atoms with Gasteiger partial charge >= 0.3 is 19.8 Å². The molecule has 0 fully saturated rings. The molecular weight excluding hydrogens is 1150 g/mol. The van der Waals surface area contributed by atoms with Crippen LogP contribution in [0.5, 0.6) is 0 Å². The fourth-order valence-corrected chi connectivity index (χ4v) is 10.0. The maximum absolute atomic E-state index is 12.8. The molecule has 0 rings (SSSR count). The standard InChI is InChI=1S/C81H130NO8P/c1-3-5-7-9-11-13-15-17-19-21-23-25-27-29-31-33-35-37-39-41-43-45-47-49-51-53-55-57-59-61-63-65-67-69-71-73-80(83)87-77-79(78-89-91(85,86)88-76-75-82)90-81(84)74-72-70-68-66-64-62-60-58-56-54-52-50-48-46-44-42-40-38-36-34-32-30-28-26-24-22-20-18-16-14-12-10-8-6-4-2/h5-8,11-14,17-20,23-26,29-32,35-38,41-44,47-50,79H,3-4,9-10,15-16,21-22,27-28,33-34,39-40,45-46,51-78,82H2,1-2H3,(H,85,86)/b7-5-,8-6-,13-11-,14-12-,19-17-,20-18-,25-23-,26-24-,31-29-,32-30-,37-35-,38-36-,43-41-,44-42-,49-47-,50-48-. The van der Waals surface area contributed by atoms with Crippen molar-refractivity contribution in [1.82, 2.24) is 0 Å². The van der Waals surface area contributed by atoms with Gasteiger partial charge in [-0.25, -0.2) is 4.57 Å². The zero-order chi connectivity index (χ0) is 65.8. The Bertz CT molecular complexity index is 2200. The van der Waals surface area contributed by atoms with Crippen LogP contribution in [0.4, 0.5) is 0 Å². The van der Waals surface area contributed by atoms with Gasteiger partial charge in [0, 0.05) is 19.4 Å². The summed E-state index contributed by atoms with van der Waals surface area (Å²) in [4.78, 5) is 35.4. The number of allylic oxidation sites excluding steroid dienone is 32. The summed E-state index contributed by atoms with van der Waals surface area (Å²) in [6.07, 6.45) is 112. The van der Waals surface area contributed by atoms with Crippen molar-refractivity contribution in [2.24, 2.45) is 5.73 Å². The van der Waals surface area contributed by atoms with Crippen LogP contribution in [0, 0.1) is 0 Å². The predicted molar refractivity (Wildman–Crippen MR) is 394 cm³/mol. The largest absolute Gasteiger partial charge is 0.472 e. The number of carbonyl (C=O) groups excluding carboxylic acids is 2. The number of esters is 2. The van der Waals surface area contributed by atoms with Crippen molar-refractivity contribution < 1.29 is 37.6 Å². The van der Waals surface area contributed by atoms with Gasteiger partial charge in [0.15, 0.2) is 6.10 Å². The Balaban J connectivity index is 3.98. The second-order valence-electron chi connectivity index (χ2n) is 23.0. The molecular formula is C81H130NO8P. The number of ether oxygens (including phenoxy) is 2. The Morgan fingerprint density at radius 1 is 0.330 bits per heavy atom. The highest BCUT2D eigenvalue weighted by Crippen LogP contribution is 2.43. The average molecular weight is 1280 g/mol. The van der Waals surface area contributed by atoms with E-state index in [9.17, 15) is 19.0 Å². The Labute approximate surface area is 557 Å². The molecule has 3 N–H and O–H groups in total. The maximum atomic E-state index is 12.8. The highest BCUT2D eigenvalue weighted by Gasteiger charge is 2.26. The highest BCUT2D eigenvalue weighted by molar-refractivity contribution is 7.47. The van der Waals surface area contributed by atoms with E-state index in [1.54, 1.807) is 0 Å². The Hall–Kier alpha value is -5.15. The molecule has 0 spiro atoms. The van der Waals surface area contributed by atoms with Gasteiger partial charge in [0.25, 0.3) is 0 Å². The Morgan fingerprint density at radius 2 is 0.571 bits per heavy atom.